The van der Waals surface area contributed by atoms with Crippen LogP contribution in [0.15, 0.2) is 18.5 Å². The molecule has 0 bridgehead atoms. The van der Waals surface area contributed by atoms with Gasteiger partial charge in [0.25, 0.3) is 0 Å². The predicted molar refractivity (Wildman–Crippen MR) is 71.2 cm³/mol. The molecule has 0 unspecified atom stereocenters. The number of pyridine rings is 1. The topological polar surface area (TPSA) is 77.2 Å². The SMILES string of the molecule is CC(C)(C)OC(=O)NCCCc1cncc(N)c1. The quantitative estimate of drug-likeness (QED) is 0.803. The third-order valence-corrected chi connectivity index (χ3v) is 2.13. The Balaban J connectivity index is 2.21. The Morgan fingerprint density at radius 1 is 1.44 bits per heavy atom. The zero-order valence-electron chi connectivity index (χ0n) is 11.2. The first kappa shape index (κ1) is 14.3. The zero-order chi connectivity index (χ0) is 13.6. The van der Waals surface area contributed by atoms with E-state index in [1.165, 1.54) is 0 Å². The summed E-state index contributed by atoms with van der Waals surface area (Å²) in [7, 11) is 0. The van der Waals surface area contributed by atoms with Crippen molar-refractivity contribution in [3.8, 4) is 0 Å². The molecule has 0 saturated heterocycles. The molecule has 18 heavy (non-hydrogen) atoms. The average Bonchev–Trinajstić information content (AvgIpc) is 2.22. The van der Waals surface area contributed by atoms with Gasteiger partial charge in [-0.05, 0) is 45.2 Å². The van der Waals surface area contributed by atoms with Crippen LogP contribution in [0.25, 0.3) is 0 Å². The van der Waals surface area contributed by atoms with E-state index >= 15 is 0 Å². The minimum atomic E-state index is -0.456. The minimum Gasteiger partial charge on any atom is -0.444 e. The van der Waals surface area contributed by atoms with Crippen LogP contribution >= 0.6 is 0 Å². The fourth-order valence-electron chi connectivity index (χ4n) is 1.44. The number of anilines is 1. The number of hydrogen-bond acceptors (Lipinski definition) is 4. The smallest absolute Gasteiger partial charge is 0.407 e. The van der Waals surface area contributed by atoms with Gasteiger partial charge < -0.3 is 15.8 Å². The lowest BCUT2D eigenvalue weighted by molar-refractivity contribution is 0.0527. The summed E-state index contributed by atoms with van der Waals surface area (Å²) < 4.78 is 5.13. The molecule has 0 saturated carbocycles. The van der Waals surface area contributed by atoms with Gasteiger partial charge in [0, 0.05) is 18.9 Å². The molecule has 5 nitrogen and oxygen atoms in total. The Labute approximate surface area is 108 Å². The number of nitrogens with two attached hydrogens (primary N) is 1. The minimum absolute atomic E-state index is 0.381. The molecule has 1 aromatic heterocycles. The van der Waals surface area contributed by atoms with Gasteiger partial charge >= 0.3 is 6.09 Å². The van der Waals surface area contributed by atoms with Gasteiger partial charge in [0.1, 0.15) is 5.60 Å². The molecule has 0 aromatic carbocycles. The summed E-state index contributed by atoms with van der Waals surface area (Å²) in [6.45, 7) is 6.09. The number of amides is 1. The maximum Gasteiger partial charge on any atom is 0.407 e. The number of hydrogen-bond donors (Lipinski definition) is 2. The molecular formula is C13H21N3O2. The summed E-state index contributed by atoms with van der Waals surface area (Å²) in [5.74, 6) is 0. The first-order valence-electron chi connectivity index (χ1n) is 6.03. The van der Waals surface area contributed by atoms with E-state index in [-0.39, 0.29) is 6.09 Å². The predicted octanol–water partition coefficient (Wildman–Crippen LogP) is 2.12. The fraction of sp³-hybridized carbons (Fsp3) is 0.538. The molecule has 0 aliphatic rings. The Bertz CT molecular complexity index is 399. The van der Waals surface area contributed by atoms with Gasteiger partial charge in [0.15, 0.2) is 0 Å². The molecule has 0 radical (unpaired) electrons. The van der Waals surface area contributed by atoms with Crippen molar-refractivity contribution in [2.24, 2.45) is 0 Å². The Morgan fingerprint density at radius 2 is 2.17 bits per heavy atom. The normalized spacial score (nSPS) is 11.1. The number of aryl methyl sites for hydroxylation is 1. The van der Waals surface area contributed by atoms with Gasteiger partial charge in [-0.3, -0.25) is 4.98 Å². The van der Waals surface area contributed by atoms with Crippen molar-refractivity contribution < 1.29 is 9.53 Å². The summed E-state index contributed by atoms with van der Waals surface area (Å²) >= 11 is 0. The maximum absolute atomic E-state index is 11.4. The van der Waals surface area contributed by atoms with E-state index in [1.807, 2.05) is 26.8 Å². The van der Waals surface area contributed by atoms with E-state index < -0.39 is 5.60 Å². The van der Waals surface area contributed by atoms with Gasteiger partial charge in [-0.25, -0.2) is 4.79 Å². The molecule has 100 valence electrons. The van der Waals surface area contributed by atoms with Crippen LogP contribution in [0.5, 0.6) is 0 Å². The molecule has 0 fully saturated rings. The number of nitrogen functional groups attached to an aromatic ring is 1. The number of nitrogens with zero attached hydrogens (tertiary/aromatic N) is 1. The van der Waals surface area contributed by atoms with Crippen LogP contribution in [-0.2, 0) is 11.2 Å². The molecule has 1 amide bonds. The molecule has 1 aromatic rings. The number of carbonyl (C=O) groups is 1. The average molecular weight is 251 g/mol. The lowest BCUT2D eigenvalue weighted by Gasteiger charge is -2.19. The number of ether oxygens (including phenoxy) is 1. The van der Waals surface area contributed by atoms with Crippen LogP contribution in [0.3, 0.4) is 0 Å². The summed E-state index contributed by atoms with van der Waals surface area (Å²) in [5, 5.41) is 2.71. The third-order valence-electron chi connectivity index (χ3n) is 2.13. The maximum atomic E-state index is 11.4. The second-order valence-electron chi connectivity index (χ2n) is 5.16. The second kappa shape index (κ2) is 6.23. The van der Waals surface area contributed by atoms with E-state index in [0.29, 0.717) is 12.2 Å². The van der Waals surface area contributed by atoms with Crippen molar-refractivity contribution in [2.75, 3.05) is 12.3 Å². The molecule has 0 aliphatic heterocycles. The van der Waals surface area contributed by atoms with Crippen molar-refractivity contribution in [1.82, 2.24) is 10.3 Å². The first-order valence-corrected chi connectivity index (χ1v) is 6.03. The summed E-state index contributed by atoms with van der Waals surface area (Å²) in [6, 6.07) is 1.89. The first-order chi connectivity index (χ1) is 8.37. The van der Waals surface area contributed by atoms with Gasteiger partial charge in [0.2, 0.25) is 0 Å². The number of aromatic nitrogens is 1. The van der Waals surface area contributed by atoms with Gasteiger partial charge in [-0.2, -0.15) is 0 Å². The lowest BCUT2D eigenvalue weighted by Crippen LogP contribution is -2.33. The Morgan fingerprint density at radius 3 is 2.78 bits per heavy atom. The van der Waals surface area contributed by atoms with Crippen molar-refractivity contribution >= 4 is 11.8 Å². The number of rotatable bonds is 4. The molecule has 5 heteroatoms. The standard InChI is InChI=1S/C13H21N3O2/c1-13(2,3)18-12(17)16-6-4-5-10-7-11(14)9-15-8-10/h7-9H,4-6,14H2,1-3H3,(H,16,17). The summed E-state index contributed by atoms with van der Waals surface area (Å²) in [6.07, 6.45) is 4.66. The van der Waals surface area contributed by atoms with Gasteiger partial charge in [-0.1, -0.05) is 0 Å². The van der Waals surface area contributed by atoms with Crippen LogP contribution in [0.4, 0.5) is 10.5 Å². The monoisotopic (exact) mass is 251 g/mol. The molecule has 3 N–H and O–H groups in total. The highest BCUT2D eigenvalue weighted by Gasteiger charge is 2.15. The highest BCUT2D eigenvalue weighted by atomic mass is 16.6. The van der Waals surface area contributed by atoms with Crippen molar-refractivity contribution in [1.29, 1.82) is 0 Å². The Kier molecular flexibility index (Phi) is 4.95. The van der Waals surface area contributed by atoms with Crippen molar-refractivity contribution in [3.05, 3.63) is 24.0 Å². The van der Waals surface area contributed by atoms with Crippen LogP contribution in [0, 0.1) is 0 Å². The molecule has 1 heterocycles. The van der Waals surface area contributed by atoms with Gasteiger partial charge in [0.05, 0.1) is 5.69 Å². The van der Waals surface area contributed by atoms with Gasteiger partial charge in [-0.15, -0.1) is 0 Å². The molecule has 0 atom stereocenters. The highest BCUT2D eigenvalue weighted by molar-refractivity contribution is 5.67. The third kappa shape index (κ3) is 6.08. The number of nitrogens with one attached hydrogen (secondary N) is 1. The fourth-order valence-corrected chi connectivity index (χ4v) is 1.44. The van der Waals surface area contributed by atoms with Crippen LogP contribution < -0.4 is 11.1 Å². The highest BCUT2D eigenvalue weighted by Crippen LogP contribution is 2.07. The molecular weight excluding hydrogens is 230 g/mol. The van der Waals surface area contributed by atoms with Crippen molar-refractivity contribution in [2.45, 2.75) is 39.2 Å². The van der Waals surface area contributed by atoms with E-state index in [2.05, 4.69) is 10.3 Å². The zero-order valence-corrected chi connectivity index (χ0v) is 11.2. The van der Waals surface area contributed by atoms with Crippen molar-refractivity contribution in [3.63, 3.8) is 0 Å². The molecule has 0 aliphatic carbocycles. The summed E-state index contributed by atoms with van der Waals surface area (Å²) in [5.41, 5.74) is 6.90. The largest absolute Gasteiger partial charge is 0.444 e. The Hall–Kier alpha value is -1.78. The van der Waals surface area contributed by atoms with Crippen LogP contribution in [-0.4, -0.2) is 23.2 Å². The number of carbonyl (C=O) groups excluding carboxylic acids is 1. The lowest BCUT2D eigenvalue weighted by atomic mass is 10.1. The second-order valence-corrected chi connectivity index (χ2v) is 5.16. The van der Waals surface area contributed by atoms with E-state index in [0.717, 1.165) is 18.4 Å². The van der Waals surface area contributed by atoms with Crippen LogP contribution in [0.1, 0.15) is 32.8 Å². The van der Waals surface area contributed by atoms with E-state index in [9.17, 15) is 4.79 Å². The molecule has 1 rings (SSSR count). The van der Waals surface area contributed by atoms with E-state index in [1.54, 1.807) is 12.4 Å². The molecule has 0 spiro atoms. The summed E-state index contributed by atoms with van der Waals surface area (Å²) in [4.78, 5) is 15.4. The number of alkyl carbamates (subject to hydrolysis) is 1. The van der Waals surface area contributed by atoms with E-state index in [4.69, 9.17) is 10.5 Å². The van der Waals surface area contributed by atoms with Crippen LogP contribution in [0.2, 0.25) is 0 Å².